The van der Waals surface area contributed by atoms with Crippen LogP contribution in [0, 0.1) is 0 Å². The van der Waals surface area contributed by atoms with Gasteiger partial charge in [0.15, 0.2) is 0 Å². The summed E-state index contributed by atoms with van der Waals surface area (Å²) in [4.78, 5) is 11.8. The van der Waals surface area contributed by atoms with Crippen LogP contribution in [0.15, 0.2) is 36.7 Å². The number of rotatable bonds is 6. The number of anilines is 1. The standard InChI is InChI=1S/C14H18N4O2/c1-20-10-12-4-2-3-11(5-12)6-16-14(19)9-18-8-13(15)7-17-18/h2-5,7-8H,6,9-10,15H2,1H3,(H,16,19). The van der Waals surface area contributed by atoms with Crippen molar-refractivity contribution < 1.29 is 9.53 Å². The first-order valence-electron chi connectivity index (χ1n) is 6.29. The topological polar surface area (TPSA) is 82.2 Å². The van der Waals surface area contributed by atoms with E-state index >= 15 is 0 Å². The second-order valence-corrected chi connectivity index (χ2v) is 4.50. The van der Waals surface area contributed by atoms with Crippen LogP contribution >= 0.6 is 0 Å². The minimum atomic E-state index is -0.106. The first-order valence-corrected chi connectivity index (χ1v) is 6.29. The summed E-state index contributed by atoms with van der Waals surface area (Å²) in [6.07, 6.45) is 3.14. The monoisotopic (exact) mass is 274 g/mol. The molecule has 0 aliphatic heterocycles. The van der Waals surface area contributed by atoms with Crippen LogP contribution in [0.2, 0.25) is 0 Å². The molecule has 0 unspecified atom stereocenters. The molecule has 106 valence electrons. The van der Waals surface area contributed by atoms with Gasteiger partial charge in [-0.15, -0.1) is 0 Å². The van der Waals surface area contributed by atoms with E-state index < -0.39 is 0 Å². The third-order valence-electron chi connectivity index (χ3n) is 2.75. The number of hydrogen-bond donors (Lipinski definition) is 2. The van der Waals surface area contributed by atoms with Gasteiger partial charge in [0.05, 0.1) is 18.5 Å². The van der Waals surface area contributed by atoms with Crippen LogP contribution < -0.4 is 11.1 Å². The molecule has 2 rings (SSSR count). The first kappa shape index (κ1) is 14.1. The molecule has 1 amide bonds. The van der Waals surface area contributed by atoms with E-state index in [4.69, 9.17) is 10.5 Å². The summed E-state index contributed by atoms with van der Waals surface area (Å²) < 4.78 is 6.58. The molecular weight excluding hydrogens is 256 g/mol. The summed E-state index contributed by atoms with van der Waals surface area (Å²) in [5.41, 5.74) is 8.20. The van der Waals surface area contributed by atoms with Gasteiger partial charge in [0.1, 0.15) is 6.54 Å². The van der Waals surface area contributed by atoms with Gasteiger partial charge in [-0.1, -0.05) is 24.3 Å². The van der Waals surface area contributed by atoms with Crippen molar-refractivity contribution in [2.75, 3.05) is 12.8 Å². The van der Waals surface area contributed by atoms with Crippen LogP contribution in [0.1, 0.15) is 11.1 Å². The number of amides is 1. The van der Waals surface area contributed by atoms with Crippen LogP contribution in [0.4, 0.5) is 5.69 Å². The highest BCUT2D eigenvalue weighted by Gasteiger charge is 2.04. The zero-order chi connectivity index (χ0) is 14.4. The maximum Gasteiger partial charge on any atom is 0.241 e. The van der Waals surface area contributed by atoms with Gasteiger partial charge in [-0.25, -0.2) is 0 Å². The Labute approximate surface area is 117 Å². The normalized spacial score (nSPS) is 10.4. The predicted octanol–water partition coefficient (Wildman–Crippen LogP) is 0.928. The number of hydrogen-bond acceptors (Lipinski definition) is 4. The van der Waals surface area contributed by atoms with Gasteiger partial charge < -0.3 is 15.8 Å². The Hall–Kier alpha value is -2.34. The van der Waals surface area contributed by atoms with E-state index in [2.05, 4.69) is 10.4 Å². The molecule has 0 radical (unpaired) electrons. The summed E-state index contributed by atoms with van der Waals surface area (Å²) >= 11 is 0. The van der Waals surface area contributed by atoms with E-state index in [0.29, 0.717) is 18.8 Å². The second-order valence-electron chi connectivity index (χ2n) is 4.50. The van der Waals surface area contributed by atoms with E-state index in [1.807, 2.05) is 24.3 Å². The Bertz CT molecular complexity index is 580. The van der Waals surface area contributed by atoms with Gasteiger partial charge in [-0.05, 0) is 11.1 Å². The van der Waals surface area contributed by atoms with Crippen molar-refractivity contribution in [3.8, 4) is 0 Å². The van der Waals surface area contributed by atoms with Crippen LogP contribution in [0.3, 0.4) is 0 Å². The van der Waals surface area contributed by atoms with Crippen LogP contribution in [0.25, 0.3) is 0 Å². The molecule has 20 heavy (non-hydrogen) atoms. The quantitative estimate of drug-likeness (QED) is 0.821. The summed E-state index contributed by atoms with van der Waals surface area (Å²) in [6, 6.07) is 7.91. The number of nitrogens with one attached hydrogen (secondary N) is 1. The average Bonchev–Trinajstić information content (AvgIpc) is 2.83. The molecule has 0 aliphatic carbocycles. The van der Waals surface area contributed by atoms with Gasteiger partial charge in [0, 0.05) is 19.9 Å². The number of benzene rings is 1. The number of methoxy groups -OCH3 is 1. The minimum Gasteiger partial charge on any atom is -0.396 e. The highest BCUT2D eigenvalue weighted by Crippen LogP contribution is 2.06. The third kappa shape index (κ3) is 4.10. The minimum absolute atomic E-state index is 0.106. The highest BCUT2D eigenvalue weighted by atomic mass is 16.5. The van der Waals surface area contributed by atoms with Gasteiger partial charge in [0.25, 0.3) is 0 Å². The summed E-state index contributed by atoms with van der Waals surface area (Å²) in [5.74, 6) is -0.106. The zero-order valence-corrected chi connectivity index (χ0v) is 11.4. The Morgan fingerprint density at radius 1 is 1.45 bits per heavy atom. The first-order chi connectivity index (χ1) is 9.67. The molecule has 0 bridgehead atoms. The van der Waals surface area contributed by atoms with Crippen molar-refractivity contribution >= 4 is 11.6 Å². The number of aromatic nitrogens is 2. The van der Waals surface area contributed by atoms with Gasteiger partial charge >= 0.3 is 0 Å². The van der Waals surface area contributed by atoms with Crippen molar-refractivity contribution in [3.05, 3.63) is 47.8 Å². The lowest BCUT2D eigenvalue weighted by atomic mass is 10.1. The number of nitrogens with zero attached hydrogens (tertiary/aromatic N) is 2. The Morgan fingerprint density at radius 3 is 2.95 bits per heavy atom. The van der Waals surface area contributed by atoms with Gasteiger partial charge in [-0.2, -0.15) is 5.10 Å². The SMILES string of the molecule is COCc1cccc(CNC(=O)Cn2cc(N)cn2)c1. The third-order valence-corrected chi connectivity index (χ3v) is 2.75. The maximum atomic E-state index is 11.8. The average molecular weight is 274 g/mol. The molecule has 2 aromatic rings. The molecular formula is C14H18N4O2. The largest absolute Gasteiger partial charge is 0.396 e. The van der Waals surface area contributed by atoms with Crippen LogP contribution in [-0.4, -0.2) is 22.8 Å². The lowest BCUT2D eigenvalue weighted by molar-refractivity contribution is -0.122. The number of carbonyl (C=O) groups is 1. The van der Waals surface area contributed by atoms with Crippen molar-refractivity contribution in [1.82, 2.24) is 15.1 Å². The van der Waals surface area contributed by atoms with Crippen molar-refractivity contribution in [2.24, 2.45) is 0 Å². The molecule has 0 saturated carbocycles. The molecule has 6 nitrogen and oxygen atoms in total. The summed E-state index contributed by atoms with van der Waals surface area (Å²) in [7, 11) is 1.66. The van der Waals surface area contributed by atoms with E-state index in [1.54, 1.807) is 13.3 Å². The molecule has 1 aromatic heterocycles. The van der Waals surface area contributed by atoms with E-state index in [9.17, 15) is 4.79 Å². The molecule has 1 aromatic carbocycles. The molecule has 6 heteroatoms. The number of ether oxygens (including phenoxy) is 1. The van der Waals surface area contributed by atoms with E-state index in [-0.39, 0.29) is 12.5 Å². The van der Waals surface area contributed by atoms with Crippen molar-refractivity contribution in [3.63, 3.8) is 0 Å². The molecule has 0 saturated heterocycles. The molecule has 0 spiro atoms. The molecule has 0 fully saturated rings. The fraction of sp³-hybridized carbons (Fsp3) is 0.286. The zero-order valence-electron chi connectivity index (χ0n) is 11.4. The van der Waals surface area contributed by atoms with Gasteiger partial charge in [0.2, 0.25) is 5.91 Å². The fourth-order valence-electron chi connectivity index (χ4n) is 1.87. The predicted molar refractivity (Wildman–Crippen MR) is 75.6 cm³/mol. The molecule has 0 aliphatic rings. The van der Waals surface area contributed by atoms with E-state index in [1.165, 1.54) is 10.9 Å². The lowest BCUT2D eigenvalue weighted by Gasteiger charge is -2.07. The van der Waals surface area contributed by atoms with Crippen molar-refractivity contribution in [1.29, 1.82) is 0 Å². The Kier molecular flexibility index (Phi) is 4.73. The van der Waals surface area contributed by atoms with E-state index in [0.717, 1.165) is 11.1 Å². The molecule has 3 N–H and O–H groups in total. The van der Waals surface area contributed by atoms with Crippen LogP contribution in [0.5, 0.6) is 0 Å². The summed E-state index contributed by atoms with van der Waals surface area (Å²) in [5, 5.41) is 6.81. The number of carbonyl (C=O) groups excluding carboxylic acids is 1. The number of nitrogen functional groups attached to an aromatic ring is 1. The highest BCUT2D eigenvalue weighted by molar-refractivity contribution is 5.75. The molecule has 1 heterocycles. The van der Waals surface area contributed by atoms with Crippen LogP contribution in [-0.2, 0) is 29.2 Å². The van der Waals surface area contributed by atoms with Crippen molar-refractivity contribution in [2.45, 2.75) is 19.7 Å². The Morgan fingerprint density at radius 2 is 2.25 bits per heavy atom. The smallest absolute Gasteiger partial charge is 0.241 e. The second kappa shape index (κ2) is 6.72. The lowest BCUT2D eigenvalue weighted by Crippen LogP contribution is -2.27. The Balaban J connectivity index is 1.85. The summed E-state index contributed by atoms with van der Waals surface area (Å²) in [6.45, 7) is 1.20. The van der Waals surface area contributed by atoms with Gasteiger partial charge in [-0.3, -0.25) is 9.48 Å². The fourth-order valence-corrected chi connectivity index (χ4v) is 1.87. The maximum absolute atomic E-state index is 11.8. The molecule has 0 atom stereocenters. The number of nitrogens with two attached hydrogens (primary N) is 1.